The molecule has 3 aromatic heterocycles. The van der Waals surface area contributed by atoms with Gasteiger partial charge in [-0.3, -0.25) is 9.78 Å². The summed E-state index contributed by atoms with van der Waals surface area (Å²) >= 11 is 0. The molecule has 4 rings (SSSR count). The van der Waals surface area contributed by atoms with Crippen molar-refractivity contribution in [2.45, 2.75) is 13.5 Å². The van der Waals surface area contributed by atoms with Gasteiger partial charge in [0, 0.05) is 36.5 Å². The maximum absolute atomic E-state index is 8.36. The molecule has 0 aromatic carbocycles. The smallest absolute Gasteiger partial charge is 0.290 e. The van der Waals surface area contributed by atoms with Gasteiger partial charge in [-0.2, -0.15) is 0 Å². The molecule has 0 atom stereocenters. The summed E-state index contributed by atoms with van der Waals surface area (Å²) in [4.78, 5) is 24.1. The third-order valence-electron chi connectivity index (χ3n) is 4.29. The number of hydrogen-bond acceptors (Lipinski definition) is 8. The second kappa shape index (κ2) is 10.2. The second-order valence-corrected chi connectivity index (χ2v) is 6.27. The van der Waals surface area contributed by atoms with Crippen LogP contribution in [0.3, 0.4) is 0 Å². The van der Waals surface area contributed by atoms with Gasteiger partial charge in [0.1, 0.15) is 17.5 Å². The zero-order chi connectivity index (χ0) is 20.5. The molecule has 0 amide bonds. The first-order chi connectivity index (χ1) is 14.2. The Labute approximate surface area is 168 Å². The Morgan fingerprint density at radius 3 is 2.66 bits per heavy atom. The molecule has 29 heavy (non-hydrogen) atoms. The number of aromatic nitrogens is 3. The van der Waals surface area contributed by atoms with Crippen molar-refractivity contribution >= 4 is 18.1 Å². The quantitative estimate of drug-likeness (QED) is 0.627. The molecule has 1 fully saturated rings. The molecule has 9 heteroatoms. The summed E-state index contributed by atoms with van der Waals surface area (Å²) in [6, 6.07) is 7.95. The highest BCUT2D eigenvalue weighted by Gasteiger charge is 2.14. The van der Waals surface area contributed by atoms with Crippen molar-refractivity contribution in [3.05, 3.63) is 54.5 Å². The van der Waals surface area contributed by atoms with Crippen LogP contribution in [-0.2, 0) is 16.1 Å². The Bertz CT molecular complexity index is 894. The molecule has 0 bridgehead atoms. The van der Waals surface area contributed by atoms with Gasteiger partial charge in [-0.05, 0) is 19.1 Å². The fourth-order valence-corrected chi connectivity index (χ4v) is 2.91. The summed E-state index contributed by atoms with van der Waals surface area (Å²) < 4.78 is 10.5. The van der Waals surface area contributed by atoms with Gasteiger partial charge in [0.15, 0.2) is 0 Å². The molecule has 1 saturated heterocycles. The van der Waals surface area contributed by atoms with Crippen LogP contribution >= 0.6 is 0 Å². The van der Waals surface area contributed by atoms with Crippen molar-refractivity contribution in [3.63, 3.8) is 0 Å². The van der Waals surface area contributed by atoms with E-state index in [2.05, 4.69) is 25.2 Å². The average molecular weight is 397 g/mol. The van der Waals surface area contributed by atoms with Gasteiger partial charge in [-0.1, -0.05) is 6.07 Å². The van der Waals surface area contributed by atoms with Crippen LogP contribution in [0.25, 0.3) is 11.1 Å². The van der Waals surface area contributed by atoms with Gasteiger partial charge in [0.2, 0.25) is 0 Å². The molecule has 0 spiro atoms. The lowest BCUT2D eigenvalue weighted by Gasteiger charge is -2.28. The largest absolute Gasteiger partial charge is 0.483 e. The van der Waals surface area contributed by atoms with Crippen LogP contribution in [0.5, 0.6) is 0 Å². The maximum Gasteiger partial charge on any atom is 0.290 e. The topological polar surface area (TPSA) is 114 Å². The number of carboxylic acid groups (broad SMARTS) is 1. The average Bonchev–Trinajstić information content (AvgIpc) is 3.28. The SMILES string of the molecule is Cc1nc(NCc2ccc(-c3ccoc3)cn2)cc(N2CCOCC2)n1.O=CO. The van der Waals surface area contributed by atoms with Crippen molar-refractivity contribution in [2.75, 3.05) is 36.5 Å². The summed E-state index contributed by atoms with van der Waals surface area (Å²) in [6.45, 7) is 5.44. The van der Waals surface area contributed by atoms with Gasteiger partial charge >= 0.3 is 0 Å². The minimum atomic E-state index is -0.250. The molecular weight excluding hydrogens is 374 g/mol. The standard InChI is InChI=1S/C19H21N5O2.CH2O2/c1-14-22-18(10-19(23-14)24-5-8-25-9-6-24)21-12-17-3-2-15(11-20-17)16-4-7-26-13-16;2-1-3/h2-4,7,10-11,13H,5-6,8-9,12H2,1H3,(H,21,22,23);1H,(H,2,3). The van der Waals surface area contributed by atoms with E-state index in [1.54, 1.807) is 12.5 Å². The number of hydrogen-bond donors (Lipinski definition) is 2. The number of rotatable bonds is 5. The van der Waals surface area contributed by atoms with E-state index in [4.69, 9.17) is 19.1 Å². The number of nitrogens with zero attached hydrogens (tertiary/aromatic N) is 4. The van der Waals surface area contributed by atoms with Gasteiger partial charge < -0.3 is 24.5 Å². The molecule has 0 unspecified atom stereocenters. The first-order valence-electron chi connectivity index (χ1n) is 9.17. The Hall–Kier alpha value is -3.46. The third kappa shape index (κ3) is 5.76. The van der Waals surface area contributed by atoms with Crippen molar-refractivity contribution in [3.8, 4) is 11.1 Å². The van der Waals surface area contributed by atoms with E-state index in [1.807, 2.05) is 37.4 Å². The zero-order valence-corrected chi connectivity index (χ0v) is 16.1. The number of aryl methyl sites for hydroxylation is 1. The third-order valence-corrected chi connectivity index (χ3v) is 4.29. The fourth-order valence-electron chi connectivity index (χ4n) is 2.91. The van der Waals surface area contributed by atoms with Crippen LogP contribution in [0.2, 0.25) is 0 Å². The van der Waals surface area contributed by atoms with Crippen LogP contribution in [-0.4, -0.2) is 52.8 Å². The van der Waals surface area contributed by atoms with Crippen molar-refractivity contribution in [1.82, 2.24) is 15.0 Å². The first kappa shape index (κ1) is 20.3. The van der Waals surface area contributed by atoms with Crippen LogP contribution in [0.15, 0.2) is 47.4 Å². The van der Waals surface area contributed by atoms with E-state index in [0.717, 1.165) is 60.6 Å². The number of anilines is 2. The summed E-state index contributed by atoms with van der Waals surface area (Å²) in [7, 11) is 0. The van der Waals surface area contributed by atoms with E-state index >= 15 is 0 Å². The lowest BCUT2D eigenvalue weighted by Crippen LogP contribution is -2.37. The number of pyridine rings is 1. The normalized spacial score (nSPS) is 13.3. The highest BCUT2D eigenvalue weighted by Crippen LogP contribution is 2.20. The summed E-state index contributed by atoms with van der Waals surface area (Å²) in [5.41, 5.74) is 3.01. The predicted molar refractivity (Wildman–Crippen MR) is 108 cm³/mol. The van der Waals surface area contributed by atoms with E-state index < -0.39 is 0 Å². The van der Waals surface area contributed by atoms with Gasteiger partial charge in [0.25, 0.3) is 6.47 Å². The Kier molecular flexibility index (Phi) is 7.12. The molecular formula is C20H23N5O4. The van der Waals surface area contributed by atoms with E-state index in [-0.39, 0.29) is 6.47 Å². The molecule has 0 aliphatic carbocycles. The molecule has 9 nitrogen and oxygen atoms in total. The summed E-state index contributed by atoms with van der Waals surface area (Å²) in [5.74, 6) is 2.49. The minimum Gasteiger partial charge on any atom is -0.483 e. The number of ether oxygens (including phenoxy) is 1. The second-order valence-electron chi connectivity index (χ2n) is 6.27. The van der Waals surface area contributed by atoms with Crippen molar-refractivity contribution in [1.29, 1.82) is 0 Å². The van der Waals surface area contributed by atoms with Crippen LogP contribution in [0.1, 0.15) is 11.5 Å². The Morgan fingerprint density at radius 1 is 1.21 bits per heavy atom. The van der Waals surface area contributed by atoms with Gasteiger partial charge in [-0.25, -0.2) is 9.97 Å². The van der Waals surface area contributed by atoms with Crippen molar-refractivity contribution < 1.29 is 19.1 Å². The Morgan fingerprint density at radius 2 is 2.00 bits per heavy atom. The Balaban J connectivity index is 0.000000755. The number of furan rings is 1. The van der Waals surface area contributed by atoms with Crippen LogP contribution in [0, 0.1) is 6.92 Å². The molecule has 3 aromatic rings. The fraction of sp³-hybridized carbons (Fsp3) is 0.300. The lowest BCUT2D eigenvalue weighted by atomic mass is 10.1. The molecule has 1 aliphatic heterocycles. The van der Waals surface area contributed by atoms with E-state index in [1.165, 1.54) is 0 Å². The monoisotopic (exact) mass is 397 g/mol. The van der Waals surface area contributed by atoms with Crippen LogP contribution in [0.4, 0.5) is 11.6 Å². The van der Waals surface area contributed by atoms with Crippen LogP contribution < -0.4 is 10.2 Å². The molecule has 4 heterocycles. The number of morpholine rings is 1. The number of carbonyl (C=O) groups is 1. The maximum atomic E-state index is 8.36. The number of nitrogens with one attached hydrogen (secondary N) is 1. The molecule has 0 saturated carbocycles. The predicted octanol–water partition coefficient (Wildman–Crippen LogP) is 2.59. The van der Waals surface area contributed by atoms with Gasteiger partial charge in [-0.15, -0.1) is 0 Å². The first-order valence-corrected chi connectivity index (χ1v) is 9.17. The van der Waals surface area contributed by atoms with Gasteiger partial charge in [0.05, 0.1) is 38.0 Å². The highest BCUT2D eigenvalue weighted by molar-refractivity contribution is 5.60. The van der Waals surface area contributed by atoms with Crippen molar-refractivity contribution in [2.24, 2.45) is 0 Å². The minimum absolute atomic E-state index is 0.250. The summed E-state index contributed by atoms with van der Waals surface area (Å²) in [6.07, 6.45) is 5.23. The van der Waals surface area contributed by atoms with E-state index in [9.17, 15) is 0 Å². The molecule has 1 aliphatic rings. The molecule has 0 radical (unpaired) electrons. The summed E-state index contributed by atoms with van der Waals surface area (Å²) in [5, 5.41) is 10.2. The highest BCUT2D eigenvalue weighted by atomic mass is 16.5. The lowest BCUT2D eigenvalue weighted by molar-refractivity contribution is -0.122. The molecule has 152 valence electrons. The zero-order valence-electron chi connectivity index (χ0n) is 16.1. The molecule has 2 N–H and O–H groups in total. The van der Waals surface area contributed by atoms with E-state index in [0.29, 0.717) is 6.54 Å².